The summed E-state index contributed by atoms with van der Waals surface area (Å²) in [6.07, 6.45) is 0.353. The average Bonchev–Trinajstić information content (AvgIpc) is 2.20. The number of halogens is 2. The minimum atomic E-state index is -1.14. The molecule has 0 spiro atoms. The molecule has 0 amide bonds. The van der Waals surface area contributed by atoms with E-state index in [0.29, 0.717) is 12.0 Å². The fourth-order valence-corrected chi connectivity index (χ4v) is 1.70. The van der Waals surface area contributed by atoms with Crippen LogP contribution in [0.2, 0.25) is 5.02 Å². The summed E-state index contributed by atoms with van der Waals surface area (Å²) in [5.74, 6) is -1.48. The molecule has 0 heterocycles. The average molecular weight is 231 g/mol. The molecule has 0 aliphatic carbocycles. The Kier molecular flexibility index (Phi) is 3.35. The number of carboxylic acids is 1. The van der Waals surface area contributed by atoms with Gasteiger partial charge in [0.05, 0.1) is 5.41 Å². The lowest BCUT2D eigenvalue weighted by Crippen LogP contribution is -2.32. The normalized spacial score (nSPS) is 14.7. The number of carboxylic acid groups (broad SMARTS) is 1. The second-order valence-electron chi connectivity index (χ2n) is 3.61. The van der Waals surface area contributed by atoms with Gasteiger partial charge in [-0.3, -0.25) is 4.79 Å². The molecule has 0 radical (unpaired) electrons. The van der Waals surface area contributed by atoms with Crippen molar-refractivity contribution in [1.82, 2.24) is 0 Å². The minimum Gasteiger partial charge on any atom is -0.481 e. The van der Waals surface area contributed by atoms with Gasteiger partial charge in [0.25, 0.3) is 0 Å². The molecule has 1 atom stereocenters. The first-order valence-electron chi connectivity index (χ1n) is 4.60. The highest BCUT2D eigenvalue weighted by molar-refractivity contribution is 6.31. The summed E-state index contributed by atoms with van der Waals surface area (Å²) in [6, 6.07) is 3.77. The molecule has 1 rings (SSSR count). The predicted octanol–water partition coefficient (Wildman–Crippen LogP) is 3.23. The van der Waals surface area contributed by atoms with E-state index in [1.807, 2.05) is 0 Å². The van der Waals surface area contributed by atoms with Crippen LogP contribution in [0, 0.1) is 5.82 Å². The van der Waals surface area contributed by atoms with Crippen LogP contribution >= 0.6 is 11.6 Å². The van der Waals surface area contributed by atoms with E-state index in [-0.39, 0.29) is 5.02 Å². The van der Waals surface area contributed by atoms with Gasteiger partial charge in [-0.2, -0.15) is 0 Å². The number of hydrogen-bond donors (Lipinski definition) is 1. The largest absolute Gasteiger partial charge is 0.481 e. The Morgan fingerprint density at radius 1 is 1.60 bits per heavy atom. The van der Waals surface area contributed by atoms with Crippen molar-refractivity contribution in [1.29, 1.82) is 0 Å². The van der Waals surface area contributed by atoms with E-state index in [9.17, 15) is 9.18 Å². The summed E-state index contributed by atoms with van der Waals surface area (Å²) < 4.78 is 13.0. The third kappa shape index (κ3) is 2.12. The molecule has 0 bridgehead atoms. The fraction of sp³-hybridized carbons (Fsp3) is 0.364. The Balaban J connectivity index is 3.35. The van der Waals surface area contributed by atoms with Gasteiger partial charge < -0.3 is 5.11 Å². The van der Waals surface area contributed by atoms with Crippen LogP contribution in [0.25, 0.3) is 0 Å². The third-order valence-corrected chi connectivity index (χ3v) is 3.03. The summed E-state index contributed by atoms with van der Waals surface area (Å²) in [5, 5.41) is 9.40. The van der Waals surface area contributed by atoms with Crippen molar-refractivity contribution >= 4 is 17.6 Å². The number of hydrogen-bond acceptors (Lipinski definition) is 1. The minimum absolute atomic E-state index is 0.281. The lowest BCUT2D eigenvalue weighted by Gasteiger charge is -2.24. The van der Waals surface area contributed by atoms with Gasteiger partial charge in [-0.05, 0) is 37.1 Å². The SMILES string of the molecule is CCC(C)(C(=O)O)c1cc(F)ccc1Cl. The van der Waals surface area contributed by atoms with Crippen LogP contribution in [-0.2, 0) is 10.2 Å². The van der Waals surface area contributed by atoms with Gasteiger partial charge in [-0.25, -0.2) is 4.39 Å². The van der Waals surface area contributed by atoms with E-state index in [1.165, 1.54) is 25.1 Å². The highest BCUT2D eigenvalue weighted by Crippen LogP contribution is 2.33. The van der Waals surface area contributed by atoms with Crippen LogP contribution in [0.15, 0.2) is 18.2 Å². The lowest BCUT2D eigenvalue weighted by atomic mass is 9.80. The molecule has 1 aromatic carbocycles. The summed E-state index contributed by atoms with van der Waals surface area (Å²) in [4.78, 5) is 11.1. The van der Waals surface area contributed by atoms with E-state index in [0.717, 1.165) is 0 Å². The summed E-state index contributed by atoms with van der Waals surface area (Å²) in [6.45, 7) is 3.27. The van der Waals surface area contributed by atoms with Gasteiger partial charge in [0.15, 0.2) is 0 Å². The van der Waals surface area contributed by atoms with E-state index in [1.54, 1.807) is 6.92 Å². The lowest BCUT2D eigenvalue weighted by molar-refractivity contribution is -0.143. The second-order valence-corrected chi connectivity index (χ2v) is 4.02. The van der Waals surface area contributed by atoms with Gasteiger partial charge in [-0.1, -0.05) is 18.5 Å². The monoisotopic (exact) mass is 230 g/mol. The first kappa shape index (κ1) is 12.0. The van der Waals surface area contributed by atoms with Gasteiger partial charge in [0, 0.05) is 5.02 Å². The first-order chi connectivity index (χ1) is 6.91. The molecule has 1 unspecified atom stereocenters. The van der Waals surface area contributed by atoms with E-state index in [2.05, 4.69) is 0 Å². The molecule has 1 N–H and O–H groups in total. The van der Waals surface area contributed by atoms with Crippen molar-refractivity contribution in [2.75, 3.05) is 0 Å². The zero-order chi connectivity index (χ0) is 11.6. The zero-order valence-corrected chi connectivity index (χ0v) is 9.31. The Labute approximate surface area is 92.7 Å². The van der Waals surface area contributed by atoms with Crippen LogP contribution in [0.5, 0.6) is 0 Å². The van der Waals surface area contributed by atoms with Crippen molar-refractivity contribution in [3.8, 4) is 0 Å². The molecule has 0 fully saturated rings. The summed E-state index contributed by atoms with van der Waals surface area (Å²) in [5.41, 5.74) is -0.821. The van der Waals surface area contributed by atoms with Crippen LogP contribution in [-0.4, -0.2) is 11.1 Å². The van der Waals surface area contributed by atoms with Crippen LogP contribution < -0.4 is 0 Å². The van der Waals surface area contributed by atoms with E-state index >= 15 is 0 Å². The number of carbonyl (C=O) groups is 1. The van der Waals surface area contributed by atoms with Crippen LogP contribution in [0.4, 0.5) is 4.39 Å². The quantitative estimate of drug-likeness (QED) is 0.866. The van der Waals surface area contributed by atoms with Crippen molar-refractivity contribution in [3.05, 3.63) is 34.6 Å². The second kappa shape index (κ2) is 4.19. The fourth-order valence-electron chi connectivity index (χ4n) is 1.38. The molecular weight excluding hydrogens is 219 g/mol. The highest BCUT2D eigenvalue weighted by atomic mass is 35.5. The van der Waals surface area contributed by atoms with Crippen molar-refractivity contribution < 1.29 is 14.3 Å². The van der Waals surface area contributed by atoms with Gasteiger partial charge in [-0.15, -0.1) is 0 Å². The smallest absolute Gasteiger partial charge is 0.313 e. The Morgan fingerprint density at radius 3 is 2.67 bits per heavy atom. The van der Waals surface area contributed by atoms with E-state index < -0.39 is 17.2 Å². The van der Waals surface area contributed by atoms with Crippen molar-refractivity contribution in [2.45, 2.75) is 25.7 Å². The molecule has 1 aromatic rings. The van der Waals surface area contributed by atoms with Gasteiger partial charge >= 0.3 is 5.97 Å². The topological polar surface area (TPSA) is 37.3 Å². The summed E-state index contributed by atoms with van der Waals surface area (Å²) in [7, 11) is 0. The molecule has 4 heteroatoms. The third-order valence-electron chi connectivity index (χ3n) is 2.70. The Bertz CT molecular complexity index is 392. The first-order valence-corrected chi connectivity index (χ1v) is 4.98. The van der Waals surface area contributed by atoms with Gasteiger partial charge in [0.2, 0.25) is 0 Å². The van der Waals surface area contributed by atoms with Gasteiger partial charge in [0.1, 0.15) is 5.82 Å². The molecule has 0 aliphatic heterocycles. The van der Waals surface area contributed by atoms with Crippen molar-refractivity contribution in [3.63, 3.8) is 0 Å². The number of rotatable bonds is 3. The number of benzene rings is 1. The molecule has 2 nitrogen and oxygen atoms in total. The predicted molar refractivity (Wildman–Crippen MR) is 56.7 cm³/mol. The zero-order valence-electron chi connectivity index (χ0n) is 8.55. The van der Waals surface area contributed by atoms with Crippen molar-refractivity contribution in [2.24, 2.45) is 0 Å². The molecule has 0 saturated heterocycles. The molecular formula is C11H12ClFO2. The molecule has 0 aromatic heterocycles. The Morgan fingerprint density at radius 2 is 2.20 bits per heavy atom. The summed E-state index contributed by atoms with van der Waals surface area (Å²) >= 11 is 5.87. The maximum absolute atomic E-state index is 13.0. The molecule has 15 heavy (non-hydrogen) atoms. The maximum Gasteiger partial charge on any atom is 0.313 e. The molecule has 82 valence electrons. The Hall–Kier alpha value is -1.09. The van der Waals surface area contributed by atoms with Crippen LogP contribution in [0.3, 0.4) is 0 Å². The van der Waals surface area contributed by atoms with Crippen LogP contribution in [0.1, 0.15) is 25.8 Å². The number of aliphatic carboxylic acids is 1. The highest BCUT2D eigenvalue weighted by Gasteiger charge is 2.35. The standard InChI is InChI=1S/C11H12ClFO2/c1-3-11(2,10(14)15)8-6-7(13)4-5-9(8)12/h4-6H,3H2,1-2H3,(H,14,15). The van der Waals surface area contributed by atoms with E-state index in [4.69, 9.17) is 16.7 Å². The molecule has 0 saturated carbocycles. The molecule has 0 aliphatic rings. The maximum atomic E-state index is 13.0.